The molecule has 2 N–H and O–H groups in total. The maximum Gasteiger partial charge on any atom is 0.272 e. The molecule has 28 heavy (non-hydrogen) atoms. The number of anilines is 1. The molecule has 0 aliphatic carbocycles. The lowest BCUT2D eigenvalue weighted by molar-refractivity contribution is -0.113. The smallest absolute Gasteiger partial charge is 0.272 e. The Morgan fingerprint density at radius 3 is 2.04 bits per heavy atom. The van der Waals surface area contributed by atoms with Gasteiger partial charge in [0.2, 0.25) is 0 Å². The number of benzene rings is 3. The van der Waals surface area contributed by atoms with E-state index in [1.165, 1.54) is 0 Å². The average Bonchev–Trinajstić information content (AvgIpc) is 2.75. The number of carbonyl (C=O) groups excluding carboxylic acids is 2. The first-order chi connectivity index (χ1) is 13.7. The number of ether oxygens (including phenoxy) is 1. The first kappa shape index (κ1) is 18.9. The van der Waals surface area contributed by atoms with Crippen LogP contribution in [0, 0.1) is 0 Å². The van der Waals surface area contributed by atoms with Gasteiger partial charge in [0.25, 0.3) is 11.8 Å². The third-order valence-corrected chi connectivity index (χ3v) is 3.99. The zero-order valence-electron chi connectivity index (χ0n) is 15.4. The van der Waals surface area contributed by atoms with Crippen LogP contribution in [0.2, 0.25) is 0 Å². The third kappa shape index (κ3) is 5.08. The molecule has 0 heterocycles. The minimum absolute atomic E-state index is 0.142. The van der Waals surface area contributed by atoms with Crippen molar-refractivity contribution < 1.29 is 14.3 Å². The molecular formula is C23H20N2O3. The van der Waals surface area contributed by atoms with E-state index >= 15 is 0 Å². The van der Waals surface area contributed by atoms with E-state index < -0.39 is 5.91 Å². The number of rotatable bonds is 6. The standard InChI is InChI=1S/C23H20N2O3/c1-28-20-14-12-17(13-15-20)16-21(23(27)24-19-10-6-3-7-11-19)25-22(26)18-8-4-2-5-9-18/h2-16H,1H3,(H,24,27)(H,25,26). The minimum atomic E-state index is -0.411. The van der Waals surface area contributed by atoms with Gasteiger partial charge in [-0.05, 0) is 48.0 Å². The van der Waals surface area contributed by atoms with E-state index in [1.807, 2.05) is 36.4 Å². The van der Waals surface area contributed by atoms with Crippen LogP contribution in [-0.4, -0.2) is 18.9 Å². The van der Waals surface area contributed by atoms with Crippen molar-refractivity contribution in [2.75, 3.05) is 12.4 Å². The number of amides is 2. The molecule has 3 rings (SSSR count). The molecule has 0 atom stereocenters. The van der Waals surface area contributed by atoms with Crippen LogP contribution < -0.4 is 15.4 Å². The van der Waals surface area contributed by atoms with Crippen LogP contribution in [0.3, 0.4) is 0 Å². The van der Waals surface area contributed by atoms with Crippen LogP contribution >= 0.6 is 0 Å². The fraction of sp³-hybridized carbons (Fsp3) is 0.0435. The van der Waals surface area contributed by atoms with Gasteiger partial charge in [0.05, 0.1) is 7.11 Å². The van der Waals surface area contributed by atoms with Gasteiger partial charge in [-0.25, -0.2) is 0 Å². The summed E-state index contributed by atoms with van der Waals surface area (Å²) < 4.78 is 5.15. The molecule has 3 aromatic carbocycles. The Bertz CT molecular complexity index is 966. The van der Waals surface area contributed by atoms with E-state index in [2.05, 4.69) is 10.6 Å². The van der Waals surface area contributed by atoms with Gasteiger partial charge in [0, 0.05) is 11.3 Å². The molecule has 140 valence electrons. The highest BCUT2D eigenvalue weighted by atomic mass is 16.5. The van der Waals surface area contributed by atoms with Crippen LogP contribution in [0.15, 0.2) is 90.6 Å². The number of hydrogen-bond donors (Lipinski definition) is 2. The molecule has 0 fully saturated rings. The Balaban J connectivity index is 1.87. The van der Waals surface area contributed by atoms with Crippen molar-refractivity contribution in [1.29, 1.82) is 0 Å². The molecule has 0 aromatic heterocycles. The normalized spacial score (nSPS) is 10.8. The summed E-state index contributed by atoms with van der Waals surface area (Å²) in [5.74, 6) is -0.0596. The molecule has 3 aromatic rings. The van der Waals surface area contributed by atoms with Crippen molar-refractivity contribution in [3.8, 4) is 5.75 Å². The average molecular weight is 372 g/mol. The van der Waals surface area contributed by atoms with E-state index in [4.69, 9.17) is 4.74 Å². The lowest BCUT2D eigenvalue weighted by Gasteiger charge is -2.11. The highest BCUT2D eigenvalue weighted by molar-refractivity contribution is 6.10. The quantitative estimate of drug-likeness (QED) is 0.640. The summed E-state index contributed by atoms with van der Waals surface area (Å²) in [6, 6.07) is 25.0. The first-order valence-electron chi connectivity index (χ1n) is 8.74. The van der Waals surface area contributed by atoms with Gasteiger partial charge >= 0.3 is 0 Å². The fourth-order valence-electron chi connectivity index (χ4n) is 2.53. The van der Waals surface area contributed by atoms with E-state index in [-0.39, 0.29) is 11.6 Å². The van der Waals surface area contributed by atoms with E-state index in [0.717, 1.165) is 5.56 Å². The van der Waals surface area contributed by atoms with Crippen molar-refractivity contribution in [1.82, 2.24) is 5.32 Å². The van der Waals surface area contributed by atoms with Crippen LogP contribution in [0.5, 0.6) is 5.75 Å². The Labute approximate surface area is 163 Å². The van der Waals surface area contributed by atoms with Gasteiger partial charge < -0.3 is 15.4 Å². The van der Waals surface area contributed by atoms with Crippen LogP contribution in [0.4, 0.5) is 5.69 Å². The lowest BCUT2D eigenvalue weighted by Crippen LogP contribution is -2.30. The maximum absolute atomic E-state index is 12.8. The molecule has 0 aliphatic heterocycles. The fourth-order valence-corrected chi connectivity index (χ4v) is 2.53. The summed E-state index contributed by atoms with van der Waals surface area (Å²) in [5, 5.41) is 5.50. The third-order valence-electron chi connectivity index (χ3n) is 3.99. The zero-order chi connectivity index (χ0) is 19.8. The molecule has 0 aliphatic rings. The molecule has 0 bridgehead atoms. The number of para-hydroxylation sites is 1. The van der Waals surface area contributed by atoms with Gasteiger partial charge in [0.15, 0.2) is 0 Å². The molecular weight excluding hydrogens is 352 g/mol. The maximum atomic E-state index is 12.8. The number of methoxy groups -OCH3 is 1. The summed E-state index contributed by atoms with van der Waals surface area (Å²) in [6.07, 6.45) is 1.62. The van der Waals surface area contributed by atoms with Crippen molar-refractivity contribution in [2.45, 2.75) is 0 Å². The summed E-state index contributed by atoms with van der Waals surface area (Å²) >= 11 is 0. The van der Waals surface area contributed by atoms with Crippen molar-refractivity contribution in [3.05, 3.63) is 102 Å². The Morgan fingerprint density at radius 2 is 1.43 bits per heavy atom. The summed E-state index contributed by atoms with van der Waals surface area (Å²) in [6.45, 7) is 0. The molecule has 0 spiro atoms. The first-order valence-corrected chi connectivity index (χ1v) is 8.74. The molecule has 5 nitrogen and oxygen atoms in total. The van der Waals surface area contributed by atoms with Gasteiger partial charge in [-0.2, -0.15) is 0 Å². The second kappa shape index (κ2) is 9.19. The number of carbonyl (C=O) groups is 2. The summed E-state index contributed by atoms with van der Waals surface area (Å²) in [4.78, 5) is 25.3. The summed E-state index contributed by atoms with van der Waals surface area (Å²) in [7, 11) is 1.59. The zero-order valence-corrected chi connectivity index (χ0v) is 15.4. The van der Waals surface area contributed by atoms with Crippen molar-refractivity contribution >= 4 is 23.6 Å². The Hall–Kier alpha value is -3.86. The molecule has 5 heteroatoms. The molecule has 0 saturated carbocycles. The van der Waals surface area contributed by atoms with Gasteiger partial charge in [-0.15, -0.1) is 0 Å². The molecule has 0 radical (unpaired) electrons. The molecule has 0 saturated heterocycles. The minimum Gasteiger partial charge on any atom is -0.497 e. The number of hydrogen-bond acceptors (Lipinski definition) is 3. The molecule has 2 amide bonds. The topological polar surface area (TPSA) is 67.4 Å². The SMILES string of the molecule is COc1ccc(C=C(NC(=O)c2ccccc2)C(=O)Nc2ccccc2)cc1. The van der Waals surface area contributed by atoms with Crippen LogP contribution in [-0.2, 0) is 4.79 Å². The predicted octanol–water partition coefficient (Wildman–Crippen LogP) is 4.10. The summed E-state index contributed by atoms with van der Waals surface area (Å²) in [5.41, 5.74) is 2.01. The largest absolute Gasteiger partial charge is 0.497 e. The van der Waals surface area contributed by atoms with Gasteiger partial charge in [0.1, 0.15) is 11.4 Å². The predicted molar refractivity (Wildman–Crippen MR) is 110 cm³/mol. The lowest BCUT2D eigenvalue weighted by atomic mass is 10.1. The highest BCUT2D eigenvalue weighted by Crippen LogP contribution is 2.15. The second-order valence-electron chi connectivity index (χ2n) is 5.97. The van der Waals surface area contributed by atoms with E-state index in [1.54, 1.807) is 61.7 Å². The van der Waals surface area contributed by atoms with Crippen LogP contribution in [0.25, 0.3) is 6.08 Å². The monoisotopic (exact) mass is 372 g/mol. The number of nitrogens with one attached hydrogen (secondary N) is 2. The second-order valence-corrected chi connectivity index (χ2v) is 5.97. The van der Waals surface area contributed by atoms with E-state index in [9.17, 15) is 9.59 Å². The molecule has 0 unspecified atom stereocenters. The van der Waals surface area contributed by atoms with Crippen LogP contribution in [0.1, 0.15) is 15.9 Å². The Kier molecular flexibility index (Phi) is 6.21. The van der Waals surface area contributed by atoms with Crippen molar-refractivity contribution in [2.24, 2.45) is 0 Å². The van der Waals surface area contributed by atoms with Crippen molar-refractivity contribution in [3.63, 3.8) is 0 Å². The Morgan fingerprint density at radius 1 is 0.821 bits per heavy atom. The highest BCUT2D eigenvalue weighted by Gasteiger charge is 2.15. The van der Waals surface area contributed by atoms with Gasteiger partial charge in [-0.3, -0.25) is 9.59 Å². The van der Waals surface area contributed by atoms with E-state index in [0.29, 0.717) is 17.0 Å². The van der Waals surface area contributed by atoms with Gasteiger partial charge in [-0.1, -0.05) is 48.5 Å².